The lowest BCUT2D eigenvalue weighted by Crippen LogP contribution is -2.41. The van der Waals surface area contributed by atoms with Gasteiger partial charge in [-0.3, -0.25) is 25.1 Å². The second-order valence-corrected chi connectivity index (χ2v) is 6.50. The van der Waals surface area contributed by atoms with Crippen LogP contribution in [0.25, 0.3) is 0 Å². The number of rotatable bonds is 6. The van der Waals surface area contributed by atoms with Crippen LogP contribution in [0.2, 0.25) is 0 Å². The molecule has 0 unspecified atom stereocenters. The van der Waals surface area contributed by atoms with E-state index in [2.05, 4.69) is 5.32 Å². The average Bonchev–Trinajstić information content (AvgIpc) is 3.01. The van der Waals surface area contributed by atoms with Crippen LogP contribution in [-0.4, -0.2) is 40.1 Å². The molecule has 2 aromatic rings. The van der Waals surface area contributed by atoms with Gasteiger partial charge in [-0.25, -0.2) is 0 Å². The fourth-order valence-corrected chi connectivity index (χ4v) is 3.09. The molecule has 0 bridgehead atoms. The van der Waals surface area contributed by atoms with Crippen molar-refractivity contribution in [2.45, 2.75) is 19.0 Å². The molecule has 0 saturated carbocycles. The SMILES string of the molecule is N=C(N)c1cccc(CN2CC[C@H](NC(=O)c3cccc([N+](=O)[O-])c3)C2=O)c1. The van der Waals surface area contributed by atoms with E-state index in [1.165, 1.54) is 24.3 Å². The van der Waals surface area contributed by atoms with Gasteiger partial charge in [-0.15, -0.1) is 0 Å². The first kappa shape index (κ1) is 19.0. The quantitative estimate of drug-likeness (QED) is 0.300. The molecular weight excluding hydrogens is 362 g/mol. The van der Waals surface area contributed by atoms with Crippen LogP contribution in [0.3, 0.4) is 0 Å². The zero-order chi connectivity index (χ0) is 20.3. The topological polar surface area (TPSA) is 142 Å². The molecule has 1 saturated heterocycles. The van der Waals surface area contributed by atoms with E-state index in [1.54, 1.807) is 23.1 Å². The molecule has 9 heteroatoms. The summed E-state index contributed by atoms with van der Waals surface area (Å²) < 4.78 is 0. The fourth-order valence-electron chi connectivity index (χ4n) is 3.09. The molecule has 2 amide bonds. The number of nitrogen functional groups attached to an aromatic ring is 1. The van der Waals surface area contributed by atoms with Crippen molar-refractivity contribution in [3.05, 3.63) is 75.3 Å². The molecule has 0 aliphatic carbocycles. The van der Waals surface area contributed by atoms with Crippen LogP contribution < -0.4 is 11.1 Å². The van der Waals surface area contributed by atoms with Gasteiger partial charge in [0.2, 0.25) is 5.91 Å². The predicted octanol–water partition coefficient (Wildman–Crippen LogP) is 1.41. The minimum atomic E-state index is -0.678. The molecule has 4 N–H and O–H groups in total. The van der Waals surface area contributed by atoms with Crippen molar-refractivity contribution in [2.24, 2.45) is 5.73 Å². The third-order valence-corrected chi connectivity index (χ3v) is 4.53. The van der Waals surface area contributed by atoms with E-state index >= 15 is 0 Å². The number of hydrogen-bond donors (Lipinski definition) is 3. The van der Waals surface area contributed by atoms with Gasteiger partial charge in [-0.1, -0.05) is 24.3 Å². The Balaban J connectivity index is 1.65. The molecule has 1 heterocycles. The first-order chi connectivity index (χ1) is 13.3. The van der Waals surface area contributed by atoms with E-state index in [4.69, 9.17) is 11.1 Å². The first-order valence-corrected chi connectivity index (χ1v) is 8.62. The minimum absolute atomic E-state index is 0.0447. The molecule has 0 aromatic heterocycles. The van der Waals surface area contributed by atoms with Crippen LogP contribution in [0.15, 0.2) is 48.5 Å². The van der Waals surface area contributed by atoms with Crippen molar-refractivity contribution in [2.75, 3.05) is 6.54 Å². The lowest BCUT2D eigenvalue weighted by atomic mass is 10.1. The first-order valence-electron chi connectivity index (χ1n) is 8.62. The molecule has 1 aliphatic rings. The lowest BCUT2D eigenvalue weighted by molar-refractivity contribution is -0.384. The van der Waals surface area contributed by atoms with Crippen LogP contribution in [0.4, 0.5) is 5.69 Å². The van der Waals surface area contributed by atoms with Crippen LogP contribution in [0.1, 0.15) is 27.9 Å². The van der Waals surface area contributed by atoms with E-state index in [1.807, 2.05) is 6.07 Å². The summed E-state index contributed by atoms with van der Waals surface area (Å²) in [6, 6.07) is 11.8. The van der Waals surface area contributed by atoms with Crippen LogP contribution in [0.5, 0.6) is 0 Å². The Morgan fingerprint density at radius 3 is 2.68 bits per heavy atom. The lowest BCUT2D eigenvalue weighted by Gasteiger charge is -2.17. The Hall–Kier alpha value is -3.75. The number of likely N-dealkylation sites (tertiary alicyclic amines) is 1. The summed E-state index contributed by atoms with van der Waals surface area (Å²) >= 11 is 0. The van der Waals surface area contributed by atoms with E-state index < -0.39 is 16.9 Å². The van der Waals surface area contributed by atoms with Crippen LogP contribution in [0, 0.1) is 15.5 Å². The van der Waals surface area contributed by atoms with Crippen molar-refractivity contribution in [1.29, 1.82) is 5.41 Å². The second-order valence-electron chi connectivity index (χ2n) is 6.50. The molecule has 2 aromatic carbocycles. The van der Waals surface area contributed by atoms with E-state index in [0.717, 1.165) is 5.56 Å². The Morgan fingerprint density at radius 2 is 1.96 bits per heavy atom. The highest BCUT2D eigenvalue weighted by Crippen LogP contribution is 2.18. The van der Waals surface area contributed by atoms with E-state index in [9.17, 15) is 19.7 Å². The highest BCUT2D eigenvalue weighted by atomic mass is 16.6. The maximum absolute atomic E-state index is 12.6. The zero-order valence-electron chi connectivity index (χ0n) is 14.9. The zero-order valence-corrected chi connectivity index (χ0v) is 14.9. The predicted molar refractivity (Wildman–Crippen MR) is 102 cm³/mol. The number of carbonyl (C=O) groups is 2. The molecule has 1 atom stereocenters. The normalized spacial score (nSPS) is 16.1. The number of carbonyl (C=O) groups excluding carboxylic acids is 2. The number of nitro groups is 1. The molecule has 1 fully saturated rings. The van der Waals surface area contributed by atoms with Crippen molar-refractivity contribution < 1.29 is 14.5 Å². The van der Waals surface area contributed by atoms with Crippen LogP contribution >= 0.6 is 0 Å². The number of non-ortho nitro benzene ring substituents is 1. The minimum Gasteiger partial charge on any atom is -0.384 e. The monoisotopic (exact) mass is 381 g/mol. The van der Waals surface area contributed by atoms with Crippen molar-refractivity contribution in [3.8, 4) is 0 Å². The Bertz CT molecular complexity index is 959. The Labute approximate surface area is 160 Å². The molecule has 0 radical (unpaired) electrons. The molecular formula is C19H19N5O4. The number of nitro benzene ring substituents is 1. The summed E-state index contributed by atoms with van der Waals surface area (Å²) in [5.74, 6) is -0.786. The summed E-state index contributed by atoms with van der Waals surface area (Å²) in [7, 11) is 0. The van der Waals surface area contributed by atoms with Gasteiger partial charge in [0.15, 0.2) is 0 Å². The number of hydrogen-bond acceptors (Lipinski definition) is 5. The largest absolute Gasteiger partial charge is 0.384 e. The summed E-state index contributed by atoms with van der Waals surface area (Å²) in [5, 5.41) is 21.0. The summed E-state index contributed by atoms with van der Waals surface area (Å²) in [4.78, 5) is 36.9. The fraction of sp³-hybridized carbons (Fsp3) is 0.211. The molecule has 28 heavy (non-hydrogen) atoms. The standard InChI is InChI=1S/C19H19N5O4/c20-17(21)13-4-1-3-12(9-13)11-23-8-7-16(19(23)26)22-18(25)14-5-2-6-15(10-14)24(27)28/h1-6,9-10,16H,7-8,11H2,(H3,20,21)(H,22,25)/t16-/m0/s1. The number of nitrogens with zero attached hydrogens (tertiary/aromatic N) is 2. The highest BCUT2D eigenvalue weighted by Gasteiger charge is 2.33. The molecule has 9 nitrogen and oxygen atoms in total. The molecule has 0 spiro atoms. The van der Waals surface area contributed by atoms with Gasteiger partial charge < -0.3 is 16.0 Å². The molecule has 144 valence electrons. The van der Waals surface area contributed by atoms with Gasteiger partial charge in [-0.2, -0.15) is 0 Å². The number of amidine groups is 1. The maximum Gasteiger partial charge on any atom is 0.270 e. The average molecular weight is 381 g/mol. The number of amides is 2. The summed E-state index contributed by atoms with van der Waals surface area (Å²) in [6.45, 7) is 0.826. The Kier molecular flexibility index (Phi) is 5.35. The number of benzene rings is 2. The van der Waals surface area contributed by atoms with E-state index in [-0.39, 0.29) is 23.0 Å². The number of nitrogens with two attached hydrogens (primary N) is 1. The van der Waals surface area contributed by atoms with Gasteiger partial charge in [-0.05, 0) is 24.1 Å². The Morgan fingerprint density at radius 1 is 1.25 bits per heavy atom. The smallest absolute Gasteiger partial charge is 0.270 e. The third kappa shape index (κ3) is 4.14. The molecule has 3 rings (SSSR count). The van der Waals surface area contributed by atoms with Crippen LogP contribution in [-0.2, 0) is 11.3 Å². The summed E-state index contributed by atoms with van der Waals surface area (Å²) in [5.41, 5.74) is 6.87. The van der Waals surface area contributed by atoms with Gasteiger partial charge in [0.25, 0.3) is 11.6 Å². The van der Waals surface area contributed by atoms with Gasteiger partial charge in [0.05, 0.1) is 4.92 Å². The molecule has 1 aliphatic heterocycles. The maximum atomic E-state index is 12.6. The van der Waals surface area contributed by atoms with Crippen molar-refractivity contribution >= 4 is 23.3 Å². The van der Waals surface area contributed by atoms with E-state index in [0.29, 0.717) is 25.1 Å². The summed E-state index contributed by atoms with van der Waals surface area (Å²) in [6.07, 6.45) is 0.450. The number of nitrogens with one attached hydrogen (secondary N) is 2. The second kappa shape index (κ2) is 7.87. The van der Waals surface area contributed by atoms with Gasteiger partial charge in [0.1, 0.15) is 11.9 Å². The van der Waals surface area contributed by atoms with Crippen molar-refractivity contribution in [3.63, 3.8) is 0 Å². The van der Waals surface area contributed by atoms with Gasteiger partial charge >= 0.3 is 0 Å². The van der Waals surface area contributed by atoms with Gasteiger partial charge in [0, 0.05) is 36.3 Å². The van der Waals surface area contributed by atoms with Crippen molar-refractivity contribution in [1.82, 2.24) is 10.2 Å². The third-order valence-electron chi connectivity index (χ3n) is 4.53. The highest BCUT2D eigenvalue weighted by molar-refractivity contribution is 5.98.